The fraction of sp³-hybridized carbons (Fsp3) is 0.519. The Morgan fingerprint density at radius 1 is 1.15 bits per heavy atom. The number of carbonyl (C=O) groups excluding carboxylic acids is 1. The van der Waals surface area contributed by atoms with Gasteiger partial charge in [0.15, 0.2) is 0 Å². The first-order valence-electron chi connectivity index (χ1n) is 12.2. The van der Waals surface area contributed by atoms with Gasteiger partial charge in [-0.3, -0.25) is 9.69 Å². The Morgan fingerprint density at radius 2 is 1.97 bits per heavy atom. The molecule has 2 aromatic carbocycles. The van der Waals surface area contributed by atoms with E-state index in [0.717, 1.165) is 68.9 Å². The van der Waals surface area contributed by atoms with Gasteiger partial charge in [0.05, 0.1) is 31.5 Å². The molecule has 2 aromatic rings. The minimum Gasteiger partial charge on any atom is -0.494 e. The van der Waals surface area contributed by atoms with Crippen molar-refractivity contribution in [3.8, 4) is 5.75 Å². The minimum atomic E-state index is -0.213. The molecule has 2 fully saturated rings. The topological polar surface area (TPSA) is 60.0 Å². The molecular formula is C27H36N2O4. The van der Waals surface area contributed by atoms with E-state index in [4.69, 9.17) is 14.2 Å². The molecule has 0 aliphatic carbocycles. The minimum absolute atomic E-state index is 0.0141. The number of piperidine rings is 1. The molecule has 178 valence electrons. The van der Waals surface area contributed by atoms with Gasteiger partial charge in [0.1, 0.15) is 5.75 Å². The van der Waals surface area contributed by atoms with Crippen LogP contribution >= 0.6 is 0 Å². The van der Waals surface area contributed by atoms with Crippen molar-refractivity contribution in [1.29, 1.82) is 0 Å². The molecule has 4 rings (SSSR count). The Hall–Kier alpha value is -2.41. The maximum absolute atomic E-state index is 12.7. The predicted molar refractivity (Wildman–Crippen MR) is 129 cm³/mol. The number of carbonyl (C=O) groups is 1. The summed E-state index contributed by atoms with van der Waals surface area (Å²) in [7, 11) is 0. The van der Waals surface area contributed by atoms with Crippen LogP contribution in [0.2, 0.25) is 0 Å². The lowest BCUT2D eigenvalue weighted by Gasteiger charge is -2.44. The van der Waals surface area contributed by atoms with Gasteiger partial charge in [-0.05, 0) is 55.5 Å². The van der Waals surface area contributed by atoms with Gasteiger partial charge in [-0.2, -0.15) is 0 Å². The number of nitrogens with one attached hydrogen (secondary N) is 1. The van der Waals surface area contributed by atoms with Crippen molar-refractivity contribution in [2.24, 2.45) is 0 Å². The molecule has 33 heavy (non-hydrogen) atoms. The summed E-state index contributed by atoms with van der Waals surface area (Å²) in [6.45, 7) is 6.09. The molecule has 0 saturated carbocycles. The molecule has 6 nitrogen and oxygen atoms in total. The van der Waals surface area contributed by atoms with Crippen LogP contribution in [0.3, 0.4) is 0 Å². The lowest BCUT2D eigenvalue weighted by atomic mass is 9.85. The van der Waals surface area contributed by atoms with E-state index in [1.165, 1.54) is 0 Å². The van der Waals surface area contributed by atoms with Crippen LogP contribution in [-0.2, 0) is 20.9 Å². The Labute approximate surface area is 197 Å². The smallest absolute Gasteiger partial charge is 0.238 e. The third-order valence-corrected chi connectivity index (χ3v) is 6.56. The highest BCUT2D eigenvalue weighted by Crippen LogP contribution is 2.38. The lowest BCUT2D eigenvalue weighted by Crippen LogP contribution is -2.57. The van der Waals surface area contributed by atoms with Crippen LogP contribution in [0, 0.1) is 0 Å². The van der Waals surface area contributed by atoms with Crippen molar-refractivity contribution < 1.29 is 19.0 Å². The molecule has 1 N–H and O–H groups in total. The quantitative estimate of drug-likeness (QED) is 0.532. The van der Waals surface area contributed by atoms with Gasteiger partial charge in [0.25, 0.3) is 0 Å². The Morgan fingerprint density at radius 3 is 2.70 bits per heavy atom. The van der Waals surface area contributed by atoms with Gasteiger partial charge in [0.2, 0.25) is 5.91 Å². The predicted octanol–water partition coefficient (Wildman–Crippen LogP) is 4.64. The molecule has 2 aliphatic heterocycles. The van der Waals surface area contributed by atoms with E-state index >= 15 is 0 Å². The number of amides is 1. The number of unbranched alkanes of at least 4 members (excludes halogenated alkanes) is 1. The van der Waals surface area contributed by atoms with Crippen LogP contribution < -0.4 is 10.1 Å². The van der Waals surface area contributed by atoms with Crippen LogP contribution in [-0.4, -0.2) is 55.4 Å². The summed E-state index contributed by atoms with van der Waals surface area (Å²) in [4.78, 5) is 14.9. The molecule has 2 saturated heterocycles. The number of benzene rings is 2. The van der Waals surface area contributed by atoms with Gasteiger partial charge in [0, 0.05) is 25.4 Å². The Kier molecular flexibility index (Phi) is 8.37. The highest BCUT2D eigenvalue weighted by atomic mass is 16.6. The van der Waals surface area contributed by atoms with Crippen LogP contribution in [0.5, 0.6) is 5.75 Å². The van der Waals surface area contributed by atoms with Gasteiger partial charge in [-0.25, -0.2) is 0 Å². The Balaban J connectivity index is 1.30. The number of rotatable bonds is 10. The highest BCUT2D eigenvalue weighted by Gasteiger charge is 2.47. The summed E-state index contributed by atoms with van der Waals surface area (Å²) < 4.78 is 18.3. The van der Waals surface area contributed by atoms with Gasteiger partial charge in [-0.1, -0.05) is 43.7 Å². The average molecular weight is 453 g/mol. The van der Waals surface area contributed by atoms with Crippen LogP contribution in [0.25, 0.3) is 0 Å². The number of hydrogen-bond donors (Lipinski definition) is 1. The average Bonchev–Trinajstić information content (AvgIpc) is 3.31. The van der Waals surface area contributed by atoms with E-state index in [2.05, 4.69) is 29.3 Å². The van der Waals surface area contributed by atoms with Crippen LogP contribution in [0.1, 0.15) is 44.6 Å². The van der Waals surface area contributed by atoms with Crippen molar-refractivity contribution in [2.45, 2.75) is 57.3 Å². The summed E-state index contributed by atoms with van der Waals surface area (Å²) in [5.74, 6) is 0.817. The number of ether oxygens (including phenoxy) is 3. The number of nitrogens with zero attached hydrogens (tertiary/aromatic N) is 1. The van der Waals surface area contributed by atoms with Crippen molar-refractivity contribution >= 4 is 11.6 Å². The summed E-state index contributed by atoms with van der Waals surface area (Å²) in [6, 6.07) is 17.8. The molecule has 1 amide bonds. The van der Waals surface area contributed by atoms with E-state index in [9.17, 15) is 4.79 Å². The summed E-state index contributed by atoms with van der Waals surface area (Å²) >= 11 is 0. The summed E-state index contributed by atoms with van der Waals surface area (Å²) in [5.41, 5.74) is 1.73. The van der Waals surface area contributed by atoms with E-state index in [1.807, 2.05) is 42.5 Å². The first-order chi connectivity index (χ1) is 16.2. The highest BCUT2D eigenvalue weighted by molar-refractivity contribution is 5.92. The number of hydrogen-bond acceptors (Lipinski definition) is 5. The lowest BCUT2D eigenvalue weighted by molar-refractivity contribution is -0.159. The van der Waals surface area contributed by atoms with Crippen LogP contribution in [0.15, 0.2) is 54.6 Å². The monoisotopic (exact) mass is 452 g/mol. The zero-order valence-corrected chi connectivity index (χ0v) is 19.6. The van der Waals surface area contributed by atoms with E-state index < -0.39 is 0 Å². The largest absolute Gasteiger partial charge is 0.494 e. The van der Waals surface area contributed by atoms with Gasteiger partial charge in [-0.15, -0.1) is 0 Å². The molecule has 2 atom stereocenters. The maximum atomic E-state index is 12.7. The maximum Gasteiger partial charge on any atom is 0.238 e. The zero-order valence-electron chi connectivity index (χ0n) is 19.6. The fourth-order valence-corrected chi connectivity index (χ4v) is 4.66. The molecule has 0 bridgehead atoms. The van der Waals surface area contributed by atoms with Crippen LogP contribution in [0.4, 0.5) is 5.69 Å². The van der Waals surface area contributed by atoms with E-state index in [1.54, 1.807) is 0 Å². The molecule has 2 aliphatic rings. The molecular weight excluding hydrogens is 416 g/mol. The standard InChI is InChI=1S/C27H36N2O4/c1-2-3-17-31-24-12-10-23(11-13-24)28-26(30)20-29-16-15-27(14-7-18-33-27)25(19-29)32-21-22-8-5-4-6-9-22/h4-6,8-13,25H,2-3,7,14-21H2,1H3,(H,28,30)/t25-,27+/m1/s1. The molecule has 2 heterocycles. The third kappa shape index (κ3) is 6.56. The molecule has 0 unspecified atom stereocenters. The van der Waals surface area contributed by atoms with Crippen molar-refractivity contribution in [3.63, 3.8) is 0 Å². The molecule has 6 heteroatoms. The van der Waals surface area contributed by atoms with Gasteiger partial charge >= 0.3 is 0 Å². The second kappa shape index (κ2) is 11.6. The van der Waals surface area contributed by atoms with E-state index in [-0.39, 0.29) is 17.6 Å². The zero-order chi connectivity index (χ0) is 22.9. The Bertz CT molecular complexity index is 865. The number of anilines is 1. The fourth-order valence-electron chi connectivity index (χ4n) is 4.66. The molecule has 0 aromatic heterocycles. The second-order valence-corrected chi connectivity index (χ2v) is 9.06. The summed E-state index contributed by atoms with van der Waals surface area (Å²) in [5, 5.41) is 3.01. The van der Waals surface area contributed by atoms with E-state index in [0.29, 0.717) is 19.7 Å². The first kappa shape index (κ1) is 23.7. The normalized spacial score (nSPS) is 23.0. The van der Waals surface area contributed by atoms with Crippen molar-refractivity contribution in [1.82, 2.24) is 4.90 Å². The molecule has 0 radical (unpaired) electrons. The molecule has 1 spiro atoms. The van der Waals surface area contributed by atoms with Crippen molar-refractivity contribution in [3.05, 3.63) is 60.2 Å². The second-order valence-electron chi connectivity index (χ2n) is 9.06. The summed E-state index contributed by atoms with van der Waals surface area (Å²) in [6.07, 6.45) is 5.10. The first-order valence-corrected chi connectivity index (χ1v) is 12.2. The SMILES string of the molecule is CCCCOc1ccc(NC(=O)CN2CC[C@@]3(CCCO3)[C@H](OCc3ccccc3)C2)cc1. The third-order valence-electron chi connectivity index (χ3n) is 6.56. The van der Waals surface area contributed by atoms with Gasteiger partial charge < -0.3 is 19.5 Å². The van der Waals surface area contributed by atoms with Crippen molar-refractivity contribution in [2.75, 3.05) is 38.2 Å². The number of likely N-dealkylation sites (tertiary alicyclic amines) is 1.